The van der Waals surface area contributed by atoms with Gasteiger partial charge in [-0.15, -0.1) is 0 Å². The number of pyridine rings is 3. The summed E-state index contributed by atoms with van der Waals surface area (Å²) in [5.74, 6) is 0.520. The fraction of sp³-hybridized carbons (Fsp3) is 0.321. The van der Waals surface area contributed by atoms with Crippen molar-refractivity contribution >= 4 is 34.1 Å². The molecular weight excluding hydrogens is 554 g/mol. The molecule has 3 aromatic heterocycles. The molecule has 0 saturated heterocycles. The van der Waals surface area contributed by atoms with Gasteiger partial charge in [0.15, 0.2) is 5.60 Å². The van der Waals surface area contributed by atoms with E-state index >= 15 is 0 Å². The second-order valence-electron chi connectivity index (χ2n) is 10.4. The minimum atomic E-state index is -5.02. The highest BCUT2D eigenvalue weighted by Gasteiger charge is 2.56. The van der Waals surface area contributed by atoms with Crippen molar-refractivity contribution in [1.29, 1.82) is 0 Å². The minimum absolute atomic E-state index is 0.0582. The van der Waals surface area contributed by atoms with Crippen LogP contribution in [0.1, 0.15) is 31.4 Å². The van der Waals surface area contributed by atoms with E-state index in [4.69, 9.17) is 27.9 Å². The van der Waals surface area contributed by atoms with Crippen molar-refractivity contribution in [2.45, 2.75) is 50.4 Å². The van der Waals surface area contributed by atoms with Crippen LogP contribution >= 0.6 is 23.2 Å². The Kier molecular flexibility index (Phi) is 6.89. The second kappa shape index (κ2) is 9.80. The van der Waals surface area contributed by atoms with Gasteiger partial charge in [-0.05, 0) is 47.2 Å². The van der Waals surface area contributed by atoms with Crippen molar-refractivity contribution in [2.75, 3.05) is 6.61 Å². The van der Waals surface area contributed by atoms with Crippen molar-refractivity contribution in [3.63, 3.8) is 0 Å². The molecule has 0 amide bonds. The number of aromatic nitrogens is 3. The highest BCUT2D eigenvalue weighted by Crippen LogP contribution is 2.47. The van der Waals surface area contributed by atoms with Crippen LogP contribution in [0, 0.1) is 0 Å². The van der Waals surface area contributed by atoms with Crippen molar-refractivity contribution in [1.82, 2.24) is 14.5 Å². The van der Waals surface area contributed by atoms with Crippen LogP contribution in [0.5, 0.6) is 5.75 Å². The van der Waals surface area contributed by atoms with Gasteiger partial charge in [0.2, 0.25) is 5.43 Å². The molecule has 204 valence electrons. The Labute approximate surface area is 232 Å². The van der Waals surface area contributed by atoms with Crippen molar-refractivity contribution in [3.05, 3.63) is 86.6 Å². The lowest BCUT2D eigenvalue weighted by Gasteiger charge is -2.39. The summed E-state index contributed by atoms with van der Waals surface area (Å²) >= 11 is 12.2. The summed E-state index contributed by atoms with van der Waals surface area (Å²) in [4.78, 5) is 20.5. The number of hydrogen-bond donors (Lipinski definition) is 1. The molecule has 6 nitrogen and oxygen atoms in total. The molecule has 1 aliphatic rings. The van der Waals surface area contributed by atoms with Gasteiger partial charge in [-0.3, -0.25) is 14.8 Å². The summed E-state index contributed by atoms with van der Waals surface area (Å²) in [6.45, 7) is 2.79. The minimum Gasteiger partial charge on any atom is -0.493 e. The number of benzene rings is 1. The zero-order chi connectivity index (χ0) is 28.2. The van der Waals surface area contributed by atoms with E-state index in [0.29, 0.717) is 34.9 Å². The monoisotopic (exact) mass is 577 g/mol. The molecule has 1 aromatic carbocycles. The van der Waals surface area contributed by atoms with Crippen molar-refractivity contribution in [3.8, 4) is 16.9 Å². The van der Waals surface area contributed by atoms with Gasteiger partial charge >= 0.3 is 6.18 Å². The Morgan fingerprint density at radius 3 is 2.56 bits per heavy atom. The van der Waals surface area contributed by atoms with E-state index in [2.05, 4.69) is 9.97 Å². The first kappa shape index (κ1) is 27.4. The highest BCUT2D eigenvalue weighted by molar-refractivity contribution is 6.31. The fourth-order valence-corrected chi connectivity index (χ4v) is 5.63. The number of rotatable bonds is 6. The molecule has 0 spiro atoms. The Morgan fingerprint density at radius 1 is 1.08 bits per heavy atom. The van der Waals surface area contributed by atoms with E-state index in [1.165, 1.54) is 24.7 Å². The fourth-order valence-electron chi connectivity index (χ4n) is 5.24. The van der Waals surface area contributed by atoms with Gasteiger partial charge in [0, 0.05) is 48.5 Å². The SMILES string of the molecule is CC(C)(CC(O)(Cn1cc(Cl)c(=O)c2cnccc21)C(F)(F)F)c1cc(-c2cncc(Cl)c2)cc2c1OCC2. The number of ether oxygens (including phenoxy) is 1. The van der Waals surface area contributed by atoms with E-state index in [0.717, 1.165) is 21.9 Å². The van der Waals surface area contributed by atoms with E-state index in [-0.39, 0.29) is 15.9 Å². The molecule has 5 rings (SSSR count). The Bertz CT molecular complexity index is 1640. The van der Waals surface area contributed by atoms with E-state index in [9.17, 15) is 23.1 Å². The van der Waals surface area contributed by atoms with Crippen molar-refractivity contribution < 1.29 is 23.0 Å². The molecule has 0 bridgehead atoms. The van der Waals surface area contributed by atoms with Gasteiger partial charge in [-0.2, -0.15) is 13.2 Å². The molecule has 4 aromatic rings. The van der Waals surface area contributed by atoms with Gasteiger partial charge in [0.25, 0.3) is 0 Å². The maximum absolute atomic E-state index is 14.7. The number of halogens is 5. The molecule has 1 unspecified atom stereocenters. The molecule has 0 saturated carbocycles. The average Bonchev–Trinajstić information content (AvgIpc) is 3.34. The Morgan fingerprint density at radius 2 is 1.85 bits per heavy atom. The standard InChI is InChI=1S/C28H24Cl2F3N3O3/c1-26(2,21-9-17(7-16-4-6-39-25(16)21)18-8-19(29)11-35-10-18)14-27(38,28(31,32)33)15-36-13-22(30)24(37)20-12-34-5-3-23(20)36/h3,5,7-13,38H,4,6,14-15H2,1-2H3. The van der Waals surface area contributed by atoms with Gasteiger partial charge in [0.05, 0.1) is 29.1 Å². The van der Waals surface area contributed by atoms with Gasteiger partial charge in [0.1, 0.15) is 10.8 Å². The number of hydrogen-bond acceptors (Lipinski definition) is 5. The lowest BCUT2D eigenvalue weighted by atomic mass is 9.73. The van der Waals surface area contributed by atoms with E-state index in [1.807, 2.05) is 6.07 Å². The maximum Gasteiger partial charge on any atom is 0.418 e. The van der Waals surface area contributed by atoms with Crippen LogP contribution in [0.3, 0.4) is 0 Å². The van der Waals surface area contributed by atoms with E-state index < -0.39 is 35.6 Å². The average molecular weight is 578 g/mol. The first-order valence-corrected chi connectivity index (χ1v) is 12.9. The number of aliphatic hydroxyl groups is 1. The molecule has 1 N–H and O–H groups in total. The lowest BCUT2D eigenvalue weighted by Crippen LogP contribution is -2.52. The molecule has 0 fully saturated rings. The Balaban J connectivity index is 1.60. The third-order valence-corrected chi connectivity index (χ3v) is 7.56. The van der Waals surface area contributed by atoms with Crippen molar-refractivity contribution in [2.24, 2.45) is 0 Å². The molecular formula is C28H24Cl2F3N3O3. The van der Waals surface area contributed by atoms with Gasteiger partial charge < -0.3 is 14.4 Å². The zero-order valence-electron chi connectivity index (χ0n) is 21.0. The summed E-state index contributed by atoms with van der Waals surface area (Å²) in [6, 6.07) is 6.84. The lowest BCUT2D eigenvalue weighted by molar-refractivity contribution is -0.271. The zero-order valence-corrected chi connectivity index (χ0v) is 22.5. The predicted octanol–water partition coefficient (Wildman–Crippen LogP) is 6.36. The normalized spacial score (nSPS) is 15.2. The molecule has 1 atom stereocenters. The largest absolute Gasteiger partial charge is 0.493 e. The number of fused-ring (bicyclic) bond motifs is 2. The molecule has 1 aliphatic heterocycles. The summed E-state index contributed by atoms with van der Waals surface area (Å²) in [7, 11) is 0. The quantitative estimate of drug-likeness (QED) is 0.288. The second-order valence-corrected chi connectivity index (χ2v) is 11.3. The summed E-state index contributed by atoms with van der Waals surface area (Å²) in [5, 5.41) is 11.6. The predicted molar refractivity (Wildman–Crippen MR) is 144 cm³/mol. The van der Waals surface area contributed by atoms with Crippen LogP contribution in [-0.4, -0.2) is 38.0 Å². The van der Waals surface area contributed by atoms with Crippen LogP contribution in [-0.2, 0) is 18.4 Å². The van der Waals surface area contributed by atoms with Gasteiger partial charge in [-0.1, -0.05) is 37.0 Å². The number of alkyl halides is 3. The summed E-state index contributed by atoms with van der Waals surface area (Å²) in [6.07, 6.45) is 1.73. The van der Waals surface area contributed by atoms with Crippen LogP contribution < -0.4 is 10.2 Å². The smallest absolute Gasteiger partial charge is 0.418 e. The maximum atomic E-state index is 14.7. The van der Waals surface area contributed by atoms with Crippen LogP contribution in [0.4, 0.5) is 13.2 Å². The van der Waals surface area contributed by atoms with Crippen LogP contribution in [0.2, 0.25) is 10.0 Å². The highest BCUT2D eigenvalue weighted by atomic mass is 35.5. The first-order chi connectivity index (χ1) is 18.3. The van der Waals surface area contributed by atoms with E-state index in [1.54, 1.807) is 32.2 Å². The molecule has 0 radical (unpaired) electrons. The summed E-state index contributed by atoms with van der Waals surface area (Å²) in [5.41, 5.74) is -1.93. The van der Waals surface area contributed by atoms with Crippen LogP contribution in [0.15, 0.2) is 60.0 Å². The molecule has 11 heteroatoms. The van der Waals surface area contributed by atoms with Gasteiger partial charge in [-0.25, -0.2) is 0 Å². The molecule has 39 heavy (non-hydrogen) atoms. The first-order valence-electron chi connectivity index (χ1n) is 12.1. The topological polar surface area (TPSA) is 77.2 Å². The third-order valence-electron chi connectivity index (χ3n) is 7.08. The number of nitrogens with zero attached hydrogens (tertiary/aromatic N) is 3. The molecule has 0 aliphatic carbocycles. The summed E-state index contributed by atoms with van der Waals surface area (Å²) < 4.78 is 51.0. The third kappa shape index (κ3) is 5.11. The van der Waals surface area contributed by atoms with Crippen LogP contribution in [0.25, 0.3) is 22.0 Å². The Hall–Kier alpha value is -3.14. The molecule has 4 heterocycles.